The van der Waals surface area contributed by atoms with E-state index in [0.717, 1.165) is 22.3 Å². The second-order valence-corrected chi connectivity index (χ2v) is 12.0. The van der Waals surface area contributed by atoms with Crippen molar-refractivity contribution >= 4 is 23.7 Å². The van der Waals surface area contributed by atoms with Crippen LogP contribution in [0.2, 0.25) is 0 Å². The number of Topliss-reactive ketones (excluding diaryl/α,β-unsaturated/α-hetero) is 1. The zero-order valence-electron chi connectivity index (χ0n) is 26.6. The van der Waals surface area contributed by atoms with E-state index in [0.29, 0.717) is 0 Å². The highest BCUT2D eigenvalue weighted by atomic mass is 16.6. The summed E-state index contributed by atoms with van der Waals surface area (Å²) in [5, 5.41) is 18.1. The van der Waals surface area contributed by atoms with E-state index in [1.165, 1.54) is 12.1 Å². The molecule has 1 aliphatic heterocycles. The van der Waals surface area contributed by atoms with E-state index in [1.54, 1.807) is 19.1 Å². The molecule has 5 rings (SSSR count). The van der Waals surface area contributed by atoms with Gasteiger partial charge in [-0.15, -0.1) is 0 Å². The minimum absolute atomic E-state index is 0.0183. The molecule has 0 saturated carbocycles. The Morgan fingerprint density at radius 1 is 0.646 bits per heavy atom. The quantitative estimate of drug-likeness (QED) is 0.142. The van der Waals surface area contributed by atoms with Gasteiger partial charge < -0.3 is 30.5 Å². The third kappa shape index (κ3) is 9.76. The molecule has 10 nitrogen and oxygen atoms in total. The first-order valence-corrected chi connectivity index (χ1v) is 15.8. The van der Waals surface area contributed by atoms with Crippen molar-refractivity contribution in [2.24, 2.45) is 0 Å². The van der Waals surface area contributed by atoms with Crippen LogP contribution in [-0.4, -0.2) is 59.1 Å². The lowest BCUT2D eigenvalue weighted by Crippen LogP contribution is -2.58. The van der Waals surface area contributed by atoms with E-state index in [-0.39, 0.29) is 44.0 Å². The molecule has 4 N–H and O–H groups in total. The Morgan fingerprint density at radius 2 is 1.06 bits per heavy atom. The van der Waals surface area contributed by atoms with Crippen LogP contribution in [0.4, 0.5) is 4.79 Å². The molecule has 0 aliphatic carbocycles. The van der Waals surface area contributed by atoms with Gasteiger partial charge >= 0.3 is 6.09 Å². The first-order valence-electron chi connectivity index (χ1n) is 15.8. The Balaban J connectivity index is 1.35. The van der Waals surface area contributed by atoms with Gasteiger partial charge in [-0.25, -0.2) is 4.79 Å². The van der Waals surface area contributed by atoms with Crippen molar-refractivity contribution in [1.29, 1.82) is 0 Å². The van der Waals surface area contributed by atoms with Crippen molar-refractivity contribution in [3.8, 4) is 5.75 Å². The number of hydrogen-bond acceptors (Lipinski definition) is 7. The molecule has 3 amide bonds. The Hall–Kier alpha value is -5.48. The molecule has 0 bridgehead atoms. The second kappa shape index (κ2) is 15.9. The van der Waals surface area contributed by atoms with E-state index in [2.05, 4.69) is 16.0 Å². The van der Waals surface area contributed by atoms with Gasteiger partial charge in [0.1, 0.15) is 30.0 Å². The van der Waals surface area contributed by atoms with Gasteiger partial charge in [0.2, 0.25) is 11.8 Å². The van der Waals surface area contributed by atoms with Gasteiger partial charge in [0.15, 0.2) is 5.78 Å². The molecule has 248 valence electrons. The summed E-state index contributed by atoms with van der Waals surface area (Å²) in [6.45, 7) is 1.93. The van der Waals surface area contributed by atoms with Crippen LogP contribution in [0.25, 0.3) is 0 Å². The Bertz CT molecular complexity index is 1680. The summed E-state index contributed by atoms with van der Waals surface area (Å²) >= 11 is 0. The van der Waals surface area contributed by atoms with Crippen LogP contribution >= 0.6 is 0 Å². The molecule has 1 saturated heterocycles. The number of amides is 3. The zero-order valence-corrected chi connectivity index (χ0v) is 26.6. The van der Waals surface area contributed by atoms with E-state index in [9.17, 15) is 24.3 Å². The third-order valence-electron chi connectivity index (χ3n) is 8.13. The zero-order chi connectivity index (χ0) is 33.9. The van der Waals surface area contributed by atoms with E-state index in [4.69, 9.17) is 9.47 Å². The van der Waals surface area contributed by atoms with Crippen LogP contribution in [-0.2, 0) is 49.7 Å². The standard InChI is InChI=1S/C38H39N3O7/c1-38(25-48-38)34(43)31(21-28-17-19-30(42)20-18-28)39-35(44)32(22-26-11-5-2-6-12-26)40-36(45)33(23-27-13-7-3-8-14-27)41-37(46)47-24-29-15-9-4-10-16-29/h2-20,31-33,42H,21-25H2,1H3,(H,39,44)(H,40,45)(H,41,46)/t31-,32-,33?,38+/m0/s1. The highest BCUT2D eigenvalue weighted by Gasteiger charge is 2.50. The lowest BCUT2D eigenvalue weighted by Gasteiger charge is -2.26. The maximum atomic E-state index is 14.0. The lowest BCUT2D eigenvalue weighted by atomic mass is 9.94. The molecule has 0 spiro atoms. The smallest absolute Gasteiger partial charge is 0.408 e. The van der Waals surface area contributed by atoms with Crippen molar-refractivity contribution < 1.29 is 33.8 Å². The normalized spacial score (nSPS) is 16.9. The monoisotopic (exact) mass is 649 g/mol. The van der Waals surface area contributed by atoms with E-state index < -0.39 is 41.6 Å². The van der Waals surface area contributed by atoms with E-state index in [1.807, 2.05) is 91.0 Å². The number of carbonyl (C=O) groups excluding carboxylic acids is 4. The highest BCUT2D eigenvalue weighted by molar-refractivity contribution is 5.98. The minimum Gasteiger partial charge on any atom is -0.508 e. The lowest BCUT2D eigenvalue weighted by molar-refractivity contribution is -0.133. The summed E-state index contributed by atoms with van der Waals surface area (Å²) in [5.41, 5.74) is 2.07. The van der Waals surface area contributed by atoms with Crippen LogP contribution < -0.4 is 16.0 Å². The minimum atomic E-state index is -1.09. The number of alkyl carbamates (subject to hydrolysis) is 1. The molecule has 1 heterocycles. The SMILES string of the molecule is C[C@]1(C(=O)[C@H](Cc2ccc(O)cc2)NC(=O)[C@H](Cc2ccccc2)NC(=O)C(Cc2ccccc2)NC(=O)OCc2ccccc2)CO1. The molecule has 0 aromatic heterocycles. The fourth-order valence-electron chi connectivity index (χ4n) is 5.27. The Kier molecular flexibility index (Phi) is 11.2. The van der Waals surface area contributed by atoms with Crippen LogP contribution in [0.15, 0.2) is 115 Å². The van der Waals surface area contributed by atoms with Crippen molar-refractivity contribution in [2.75, 3.05) is 6.61 Å². The van der Waals surface area contributed by atoms with Crippen molar-refractivity contribution in [3.05, 3.63) is 138 Å². The molecular weight excluding hydrogens is 610 g/mol. The molecule has 10 heteroatoms. The molecule has 4 atom stereocenters. The first-order chi connectivity index (χ1) is 23.2. The summed E-state index contributed by atoms with van der Waals surface area (Å²) < 4.78 is 10.8. The Morgan fingerprint density at radius 3 is 1.56 bits per heavy atom. The number of ether oxygens (including phenoxy) is 2. The number of nitrogens with one attached hydrogen (secondary N) is 3. The number of carbonyl (C=O) groups is 4. The molecule has 1 aliphatic rings. The van der Waals surface area contributed by atoms with E-state index >= 15 is 0 Å². The number of phenols is 1. The third-order valence-corrected chi connectivity index (χ3v) is 8.13. The second-order valence-electron chi connectivity index (χ2n) is 12.0. The van der Waals surface area contributed by atoms with Crippen molar-refractivity contribution in [2.45, 2.75) is 56.5 Å². The van der Waals surface area contributed by atoms with Crippen LogP contribution in [0.1, 0.15) is 29.2 Å². The first kappa shape index (κ1) is 33.9. The van der Waals surface area contributed by atoms with Gasteiger partial charge in [-0.2, -0.15) is 0 Å². The molecule has 4 aromatic carbocycles. The molecule has 48 heavy (non-hydrogen) atoms. The van der Waals surface area contributed by atoms with Gasteiger partial charge in [0.05, 0.1) is 12.6 Å². The molecule has 4 aromatic rings. The molecule has 1 fully saturated rings. The maximum absolute atomic E-state index is 14.0. The van der Waals surface area contributed by atoms with Crippen molar-refractivity contribution in [1.82, 2.24) is 16.0 Å². The number of aromatic hydroxyl groups is 1. The Labute approximate surface area is 279 Å². The fraction of sp³-hybridized carbons (Fsp3) is 0.263. The number of phenolic OH excluding ortho intramolecular Hbond substituents is 1. The predicted molar refractivity (Wildman–Crippen MR) is 179 cm³/mol. The average molecular weight is 650 g/mol. The number of benzene rings is 4. The van der Waals surface area contributed by atoms with Crippen LogP contribution in [0.3, 0.4) is 0 Å². The van der Waals surface area contributed by atoms with Gasteiger partial charge in [-0.3, -0.25) is 14.4 Å². The van der Waals surface area contributed by atoms with Gasteiger partial charge in [-0.05, 0) is 47.7 Å². The molecular formula is C38H39N3O7. The number of ketones is 1. The van der Waals surface area contributed by atoms with Gasteiger partial charge in [0, 0.05) is 12.8 Å². The number of rotatable bonds is 15. The van der Waals surface area contributed by atoms with Crippen LogP contribution in [0, 0.1) is 0 Å². The molecule has 1 unspecified atom stereocenters. The summed E-state index contributed by atoms with van der Waals surface area (Å²) in [7, 11) is 0. The number of hydrogen-bond donors (Lipinski definition) is 4. The average Bonchev–Trinajstić information content (AvgIpc) is 3.86. The van der Waals surface area contributed by atoms with Crippen molar-refractivity contribution in [3.63, 3.8) is 0 Å². The summed E-state index contributed by atoms with van der Waals surface area (Å²) in [5.74, 6) is -1.38. The number of epoxide rings is 1. The fourth-order valence-corrected chi connectivity index (χ4v) is 5.27. The predicted octanol–water partition coefficient (Wildman–Crippen LogP) is 4.04. The van der Waals surface area contributed by atoms with Gasteiger partial charge in [0.25, 0.3) is 0 Å². The summed E-state index contributed by atoms with van der Waals surface area (Å²) in [4.78, 5) is 54.3. The van der Waals surface area contributed by atoms with Crippen LogP contribution in [0.5, 0.6) is 5.75 Å². The highest BCUT2D eigenvalue weighted by Crippen LogP contribution is 2.29. The molecule has 0 radical (unpaired) electrons. The summed E-state index contributed by atoms with van der Waals surface area (Å²) in [6, 6.07) is 30.8. The summed E-state index contributed by atoms with van der Waals surface area (Å²) in [6.07, 6.45) is -0.356. The topological polar surface area (TPSA) is 146 Å². The largest absolute Gasteiger partial charge is 0.508 e. The maximum Gasteiger partial charge on any atom is 0.408 e. The van der Waals surface area contributed by atoms with Gasteiger partial charge in [-0.1, -0.05) is 103 Å².